The molecule has 0 spiro atoms. The second kappa shape index (κ2) is 5.70. The van der Waals surface area contributed by atoms with Gasteiger partial charge in [0.2, 0.25) is 10.0 Å². The summed E-state index contributed by atoms with van der Waals surface area (Å²) < 4.78 is 27.3. The minimum atomic E-state index is -3.57. The third kappa shape index (κ3) is 3.03. The first-order valence-corrected chi connectivity index (χ1v) is 8.03. The summed E-state index contributed by atoms with van der Waals surface area (Å²) in [6.07, 6.45) is 1.79. The smallest absolute Gasteiger partial charge is 0.279 e. The van der Waals surface area contributed by atoms with E-state index < -0.39 is 15.9 Å². The van der Waals surface area contributed by atoms with Crippen LogP contribution in [0, 0.1) is 0 Å². The molecule has 1 heterocycles. The van der Waals surface area contributed by atoms with Crippen LogP contribution in [0.2, 0.25) is 0 Å². The fraction of sp³-hybridized carbons (Fsp3) is 0.167. The zero-order chi connectivity index (χ0) is 14.8. The van der Waals surface area contributed by atoms with Crippen molar-refractivity contribution < 1.29 is 13.2 Å². The molecule has 0 saturated carbocycles. The largest absolute Gasteiger partial charge is 0.327 e. The maximum absolute atomic E-state index is 12.0. The van der Waals surface area contributed by atoms with Crippen LogP contribution in [0.1, 0.15) is 10.4 Å². The lowest BCUT2D eigenvalue weighted by molar-refractivity contribution is 0.0997. The number of aromatic nitrogens is 1. The number of thiazole rings is 1. The Hall–Kier alpha value is -1.77. The van der Waals surface area contributed by atoms with E-state index >= 15 is 0 Å². The standard InChI is InChI=1S/C12H13N3O3S2/c1-13-20(17,18)10-5-3-4-9(8-10)11(16)14-12-15(2)6-7-19-12/h3-8,13H,1-2H3. The highest BCUT2D eigenvalue weighted by atomic mass is 32.2. The first-order chi connectivity index (χ1) is 9.44. The Balaban J connectivity index is 2.43. The fourth-order valence-electron chi connectivity index (χ4n) is 1.50. The Labute approximate surface area is 120 Å². The Morgan fingerprint density at radius 2 is 2.15 bits per heavy atom. The highest BCUT2D eigenvalue weighted by Gasteiger charge is 2.13. The molecule has 2 rings (SSSR count). The van der Waals surface area contributed by atoms with Gasteiger partial charge in [0.1, 0.15) is 0 Å². The quantitative estimate of drug-likeness (QED) is 0.907. The SMILES string of the molecule is CNS(=O)(=O)c1cccc(C(=O)N=c2sccn2C)c1. The second-order valence-electron chi connectivity index (χ2n) is 3.95. The molecular weight excluding hydrogens is 298 g/mol. The second-order valence-corrected chi connectivity index (χ2v) is 6.71. The molecule has 6 nitrogen and oxygen atoms in total. The molecule has 0 unspecified atom stereocenters. The van der Waals surface area contributed by atoms with Crippen LogP contribution in [0.5, 0.6) is 0 Å². The van der Waals surface area contributed by atoms with E-state index in [-0.39, 0.29) is 10.5 Å². The van der Waals surface area contributed by atoms with Crippen LogP contribution in [0.3, 0.4) is 0 Å². The topological polar surface area (TPSA) is 80.5 Å². The van der Waals surface area contributed by atoms with Crippen molar-refractivity contribution in [3.63, 3.8) is 0 Å². The summed E-state index contributed by atoms with van der Waals surface area (Å²) in [4.78, 5) is 16.6. The van der Waals surface area contributed by atoms with Crippen LogP contribution in [-0.4, -0.2) is 25.9 Å². The van der Waals surface area contributed by atoms with Gasteiger partial charge in [-0.25, -0.2) is 13.1 Å². The molecule has 0 fully saturated rings. The molecule has 8 heteroatoms. The van der Waals surface area contributed by atoms with Gasteiger partial charge in [-0.1, -0.05) is 6.07 Å². The van der Waals surface area contributed by atoms with Gasteiger partial charge in [-0.05, 0) is 25.2 Å². The van der Waals surface area contributed by atoms with E-state index in [9.17, 15) is 13.2 Å². The summed E-state index contributed by atoms with van der Waals surface area (Å²) in [6, 6.07) is 5.79. The van der Waals surface area contributed by atoms with Crippen molar-refractivity contribution in [3.8, 4) is 0 Å². The van der Waals surface area contributed by atoms with Crippen LogP contribution in [0.15, 0.2) is 45.7 Å². The lowest BCUT2D eigenvalue weighted by Crippen LogP contribution is -2.19. The van der Waals surface area contributed by atoms with Gasteiger partial charge in [0.25, 0.3) is 5.91 Å². The summed E-state index contributed by atoms with van der Waals surface area (Å²) in [5.41, 5.74) is 0.231. The minimum Gasteiger partial charge on any atom is -0.327 e. The third-order valence-corrected chi connectivity index (χ3v) is 4.88. The Morgan fingerprint density at radius 1 is 1.40 bits per heavy atom. The molecule has 1 aromatic carbocycles. The van der Waals surface area contributed by atoms with E-state index in [0.29, 0.717) is 4.80 Å². The molecule has 0 aliphatic rings. The molecule has 0 saturated heterocycles. The van der Waals surface area contributed by atoms with Gasteiger partial charge < -0.3 is 4.57 Å². The number of rotatable bonds is 3. The van der Waals surface area contributed by atoms with Crippen molar-refractivity contribution in [2.75, 3.05) is 7.05 Å². The van der Waals surface area contributed by atoms with Crippen LogP contribution >= 0.6 is 11.3 Å². The number of nitrogens with zero attached hydrogens (tertiary/aromatic N) is 2. The third-order valence-electron chi connectivity index (χ3n) is 2.62. The van der Waals surface area contributed by atoms with E-state index in [0.717, 1.165) is 0 Å². The van der Waals surface area contributed by atoms with Crippen molar-refractivity contribution in [2.24, 2.45) is 12.0 Å². The molecule has 0 aliphatic carbocycles. The summed E-state index contributed by atoms with van der Waals surface area (Å²) in [6.45, 7) is 0. The first kappa shape index (κ1) is 14.6. The number of aryl methyl sites for hydroxylation is 1. The minimum absolute atomic E-state index is 0.0385. The van der Waals surface area contributed by atoms with Crippen molar-refractivity contribution >= 4 is 27.3 Å². The zero-order valence-electron chi connectivity index (χ0n) is 10.9. The van der Waals surface area contributed by atoms with Gasteiger partial charge in [0.05, 0.1) is 4.90 Å². The first-order valence-electron chi connectivity index (χ1n) is 5.67. The van der Waals surface area contributed by atoms with Gasteiger partial charge in [-0.2, -0.15) is 4.99 Å². The van der Waals surface area contributed by atoms with Crippen molar-refractivity contribution in [2.45, 2.75) is 4.90 Å². The molecule has 0 bridgehead atoms. The van der Waals surface area contributed by atoms with Gasteiger partial charge in [-0.15, -0.1) is 11.3 Å². The molecule has 0 radical (unpaired) electrons. The van der Waals surface area contributed by atoms with Crippen molar-refractivity contribution in [1.82, 2.24) is 9.29 Å². The van der Waals surface area contributed by atoms with E-state index in [1.165, 1.54) is 42.6 Å². The summed E-state index contributed by atoms with van der Waals surface area (Å²) in [5.74, 6) is -0.476. The van der Waals surface area contributed by atoms with Crippen molar-refractivity contribution in [1.29, 1.82) is 0 Å². The molecule has 2 aromatic rings. The summed E-state index contributed by atoms with van der Waals surface area (Å²) in [5, 5.41) is 1.81. The number of carbonyl (C=O) groups excluding carboxylic acids is 1. The maximum Gasteiger partial charge on any atom is 0.279 e. The molecule has 106 valence electrons. The van der Waals surface area contributed by atoms with Gasteiger partial charge in [0.15, 0.2) is 4.80 Å². The Bertz CT molecular complexity index is 803. The predicted molar refractivity (Wildman–Crippen MR) is 75.9 cm³/mol. The zero-order valence-corrected chi connectivity index (χ0v) is 12.5. The van der Waals surface area contributed by atoms with Crippen LogP contribution in [0.25, 0.3) is 0 Å². The number of carbonyl (C=O) groups is 1. The number of benzene rings is 1. The number of hydrogen-bond acceptors (Lipinski definition) is 4. The van der Waals surface area contributed by atoms with E-state index in [2.05, 4.69) is 9.71 Å². The molecule has 1 N–H and O–H groups in total. The van der Waals surface area contributed by atoms with Gasteiger partial charge in [0, 0.05) is 24.2 Å². The van der Waals surface area contributed by atoms with E-state index in [1.807, 2.05) is 5.38 Å². The number of amides is 1. The Kier molecular flexibility index (Phi) is 4.17. The molecular formula is C12H13N3O3S2. The summed E-state index contributed by atoms with van der Waals surface area (Å²) >= 11 is 1.33. The maximum atomic E-state index is 12.0. The molecule has 1 amide bonds. The normalized spacial score (nSPS) is 12.6. The average Bonchev–Trinajstić information content (AvgIpc) is 2.84. The van der Waals surface area contributed by atoms with Gasteiger partial charge in [-0.3, -0.25) is 4.79 Å². The van der Waals surface area contributed by atoms with Crippen LogP contribution in [-0.2, 0) is 17.1 Å². The van der Waals surface area contributed by atoms with Crippen molar-refractivity contribution in [3.05, 3.63) is 46.2 Å². The molecule has 1 aromatic heterocycles. The van der Waals surface area contributed by atoms with E-state index in [1.54, 1.807) is 17.8 Å². The number of sulfonamides is 1. The lowest BCUT2D eigenvalue weighted by Gasteiger charge is -2.03. The molecule has 20 heavy (non-hydrogen) atoms. The predicted octanol–water partition coefficient (Wildman–Crippen LogP) is 0.736. The fourth-order valence-corrected chi connectivity index (χ4v) is 3.00. The summed E-state index contributed by atoms with van der Waals surface area (Å²) in [7, 11) is -0.469. The van der Waals surface area contributed by atoms with E-state index in [4.69, 9.17) is 0 Å². The average molecular weight is 311 g/mol. The molecule has 0 aliphatic heterocycles. The highest BCUT2D eigenvalue weighted by Crippen LogP contribution is 2.11. The number of hydrogen-bond donors (Lipinski definition) is 1. The van der Waals surface area contributed by atoms with Gasteiger partial charge >= 0.3 is 0 Å². The number of nitrogens with one attached hydrogen (secondary N) is 1. The molecule has 0 atom stereocenters. The van der Waals surface area contributed by atoms with Crippen LogP contribution < -0.4 is 9.52 Å². The lowest BCUT2D eigenvalue weighted by atomic mass is 10.2. The monoisotopic (exact) mass is 311 g/mol. The Morgan fingerprint density at radius 3 is 2.75 bits per heavy atom. The highest BCUT2D eigenvalue weighted by molar-refractivity contribution is 7.89. The van der Waals surface area contributed by atoms with Crippen LogP contribution in [0.4, 0.5) is 0 Å².